The van der Waals surface area contributed by atoms with Crippen molar-refractivity contribution in [3.05, 3.63) is 0 Å². The quantitative estimate of drug-likeness (QED) is 0.686. The van der Waals surface area contributed by atoms with Crippen LogP contribution in [0.25, 0.3) is 0 Å². The molecule has 1 saturated carbocycles. The highest BCUT2D eigenvalue weighted by atomic mass is 16.1. The number of nitrogens with zero attached hydrogens (tertiary/aromatic N) is 1. The molecule has 2 fully saturated rings. The Morgan fingerprint density at radius 1 is 1.43 bits per heavy atom. The number of ketones is 1. The van der Waals surface area contributed by atoms with Crippen molar-refractivity contribution in [2.75, 3.05) is 13.1 Å². The Morgan fingerprint density at radius 3 is 2.64 bits per heavy atom. The molecule has 3 unspecified atom stereocenters. The largest absolute Gasteiger partial charge is 0.300 e. The predicted octanol–water partition coefficient (Wildman–Crippen LogP) is 1.94. The fraction of sp³-hybridized carbons (Fsp3) is 0.917. The minimum absolute atomic E-state index is 0.369. The SMILES string of the molecule is CC(=O)C1C2CCC1N(CC(C)C)C2. The number of hydrogen-bond acceptors (Lipinski definition) is 2. The van der Waals surface area contributed by atoms with Gasteiger partial charge in [-0.3, -0.25) is 9.69 Å². The first-order valence-electron chi connectivity index (χ1n) is 5.84. The van der Waals surface area contributed by atoms with Crippen LogP contribution < -0.4 is 0 Å². The summed E-state index contributed by atoms with van der Waals surface area (Å²) >= 11 is 0. The van der Waals surface area contributed by atoms with Crippen molar-refractivity contribution in [3.8, 4) is 0 Å². The number of piperidine rings is 1. The van der Waals surface area contributed by atoms with Gasteiger partial charge in [-0.1, -0.05) is 13.8 Å². The number of hydrogen-bond donors (Lipinski definition) is 0. The summed E-state index contributed by atoms with van der Waals surface area (Å²) in [6.45, 7) is 8.64. The molecule has 2 nitrogen and oxygen atoms in total. The Bertz CT molecular complexity index is 236. The lowest BCUT2D eigenvalue weighted by atomic mass is 9.95. The highest BCUT2D eigenvalue weighted by molar-refractivity contribution is 5.80. The van der Waals surface area contributed by atoms with Gasteiger partial charge < -0.3 is 0 Å². The van der Waals surface area contributed by atoms with Crippen LogP contribution in [0.3, 0.4) is 0 Å². The highest BCUT2D eigenvalue weighted by Crippen LogP contribution is 2.43. The Labute approximate surface area is 86.7 Å². The van der Waals surface area contributed by atoms with E-state index < -0.39 is 0 Å². The number of Topliss-reactive ketones (excluding diaryl/α,β-unsaturated/α-hetero) is 1. The van der Waals surface area contributed by atoms with Gasteiger partial charge in [-0.2, -0.15) is 0 Å². The second-order valence-corrected chi connectivity index (χ2v) is 5.39. The zero-order valence-electron chi connectivity index (χ0n) is 9.49. The summed E-state index contributed by atoms with van der Waals surface area (Å²) in [5, 5.41) is 0. The molecule has 1 aliphatic heterocycles. The standard InChI is InChI=1S/C12H21NO/c1-8(2)6-13-7-10-4-5-11(13)12(10)9(3)14/h8,10-12H,4-7H2,1-3H3. The summed E-state index contributed by atoms with van der Waals surface area (Å²) in [6.07, 6.45) is 2.53. The van der Waals surface area contributed by atoms with Gasteiger partial charge in [-0.15, -0.1) is 0 Å². The first-order chi connectivity index (χ1) is 6.59. The van der Waals surface area contributed by atoms with Crippen LogP contribution in [0.15, 0.2) is 0 Å². The molecule has 2 bridgehead atoms. The van der Waals surface area contributed by atoms with Crippen molar-refractivity contribution < 1.29 is 4.79 Å². The molecule has 80 valence electrons. The third kappa shape index (κ3) is 1.60. The molecule has 0 aromatic rings. The fourth-order valence-corrected chi connectivity index (χ4v) is 3.39. The zero-order valence-corrected chi connectivity index (χ0v) is 9.49. The van der Waals surface area contributed by atoms with E-state index in [2.05, 4.69) is 18.7 Å². The molecule has 0 aromatic carbocycles. The van der Waals surface area contributed by atoms with E-state index in [0.717, 1.165) is 5.92 Å². The summed E-state index contributed by atoms with van der Waals surface area (Å²) in [6, 6.07) is 0.583. The normalized spacial score (nSPS) is 37.0. The van der Waals surface area contributed by atoms with E-state index in [4.69, 9.17) is 0 Å². The van der Waals surface area contributed by atoms with Crippen LogP contribution >= 0.6 is 0 Å². The van der Waals surface area contributed by atoms with Crippen molar-refractivity contribution in [1.29, 1.82) is 0 Å². The fourth-order valence-electron chi connectivity index (χ4n) is 3.39. The molecule has 2 rings (SSSR count). The predicted molar refractivity (Wildman–Crippen MR) is 57.1 cm³/mol. The van der Waals surface area contributed by atoms with Crippen LogP contribution in [-0.2, 0) is 4.79 Å². The van der Waals surface area contributed by atoms with Gasteiger partial charge in [0, 0.05) is 25.0 Å². The van der Waals surface area contributed by atoms with Crippen molar-refractivity contribution in [2.24, 2.45) is 17.8 Å². The van der Waals surface area contributed by atoms with Gasteiger partial charge in [0.25, 0.3) is 0 Å². The molecule has 3 atom stereocenters. The van der Waals surface area contributed by atoms with Crippen LogP contribution in [0.1, 0.15) is 33.6 Å². The van der Waals surface area contributed by atoms with Crippen molar-refractivity contribution in [3.63, 3.8) is 0 Å². The average Bonchev–Trinajstić information content (AvgIpc) is 2.58. The van der Waals surface area contributed by atoms with Crippen molar-refractivity contribution in [2.45, 2.75) is 39.7 Å². The van der Waals surface area contributed by atoms with Gasteiger partial charge in [-0.25, -0.2) is 0 Å². The lowest BCUT2D eigenvalue weighted by Gasteiger charge is -2.28. The third-order valence-electron chi connectivity index (χ3n) is 3.76. The molecule has 2 aliphatic rings. The zero-order chi connectivity index (χ0) is 10.3. The third-order valence-corrected chi connectivity index (χ3v) is 3.76. The topological polar surface area (TPSA) is 20.3 Å². The van der Waals surface area contributed by atoms with E-state index >= 15 is 0 Å². The molecule has 2 heteroatoms. The smallest absolute Gasteiger partial charge is 0.134 e. The van der Waals surface area contributed by atoms with Gasteiger partial charge in [0.1, 0.15) is 5.78 Å². The summed E-state index contributed by atoms with van der Waals surface area (Å²) in [7, 11) is 0. The molecule has 1 heterocycles. The first kappa shape index (κ1) is 10.2. The number of carbonyl (C=O) groups excluding carboxylic acids is 1. The number of likely N-dealkylation sites (tertiary alicyclic amines) is 1. The molecule has 1 aliphatic carbocycles. The number of carbonyl (C=O) groups is 1. The van der Waals surface area contributed by atoms with Gasteiger partial charge >= 0.3 is 0 Å². The molecular weight excluding hydrogens is 174 g/mol. The molecule has 1 saturated heterocycles. The molecule has 14 heavy (non-hydrogen) atoms. The van der Waals surface area contributed by atoms with Crippen molar-refractivity contribution in [1.82, 2.24) is 4.90 Å². The van der Waals surface area contributed by atoms with Crippen molar-refractivity contribution >= 4 is 5.78 Å². The highest BCUT2D eigenvalue weighted by Gasteiger charge is 2.48. The summed E-state index contributed by atoms with van der Waals surface area (Å²) in [4.78, 5) is 14.1. The Balaban J connectivity index is 2.03. The second-order valence-electron chi connectivity index (χ2n) is 5.39. The van der Waals surface area contributed by atoms with Crippen LogP contribution in [0.5, 0.6) is 0 Å². The van der Waals surface area contributed by atoms with Crippen LogP contribution in [0.2, 0.25) is 0 Å². The van der Waals surface area contributed by atoms with Crippen LogP contribution in [-0.4, -0.2) is 29.8 Å². The summed E-state index contributed by atoms with van der Waals surface area (Å²) < 4.78 is 0. The first-order valence-corrected chi connectivity index (χ1v) is 5.84. The van der Waals surface area contributed by atoms with E-state index in [1.165, 1.54) is 25.9 Å². The Hall–Kier alpha value is -0.370. The summed E-state index contributed by atoms with van der Waals surface area (Å²) in [5.41, 5.74) is 0. The minimum Gasteiger partial charge on any atom is -0.300 e. The van der Waals surface area contributed by atoms with Crippen LogP contribution in [0.4, 0.5) is 0 Å². The van der Waals surface area contributed by atoms with E-state index in [0.29, 0.717) is 23.7 Å². The number of fused-ring (bicyclic) bond motifs is 2. The Kier molecular flexibility index (Phi) is 2.65. The number of rotatable bonds is 3. The second kappa shape index (κ2) is 3.65. The molecule has 0 spiro atoms. The maximum Gasteiger partial charge on any atom is 0.134 e. The molecule has 0 aromatic heterocycles. The molecule has 0 amide bonds. The van der Waals surface area contributed by atoms with E-state index in [-0.39, 0.29) is 0 Å². The monoisotopic (exact) mass is 195 g/mol. The maximum atomic E-state index is 11.5. The molecular formula is C12H21NO. The molecule has 0 radical (unpaired) electrons. The lowest BCUT2D eigenvalue weighted by molar-refractivity contribution is -0.121. The van der Waals surface area contributed by atoms with Gasteiger partial charge in [-0.05, 0) is 31.6 Å². The van der Waals surface area contributed by atoms with Gasteiger partial charge in [0.15, 0.2) is 0 Å². The van der Waals surface area contributed by atoms with Gasteiger partial charge in [0.05, 0.1) is 0 Å². The summed E-state index contributed by atoms with van der Waals surface area (Å²) in [5.74, 6) is 2.19. The Morgan fingerprint density at radius 2 is 2.14 bits per heavy atom. The van der Waals surface area contributed by atoms with Crippen LogP contribution in [0, 0.1) is 17.8 Å². The average molecular weight is 195 g/mol. The minimum atomic E-state index is 0.369. The van der Waals surface area contributed by atoms with E-state index in [1.807, 2.05) is 0 Å². The lowest BCUT2D eigenvalue weighted by Crippen LogP contribution is -2.36. The molecule has 0 N–H and O–H groups in total. The van der Waals surface area contributed by atoms with E-state index in [9.17, 15) is 4.79 Å². The maximum absolute atomic E-state index is 11.5. The van der Waals surface area contributed by atoms with E-state index in [1.54, 1.807) is 6.92 Å². The van der Waals surface area contributed by atoms with Gasteiger partial charge in [0.2, 0.25) is 0 Å².